The van der Waals surface area contributed by atoms with Crippen molar-refractivity contribution < 1.29 is 27.5 Å². The highest BCUT2D eigenvalue weighted by atomic mass is 32.2. The van der Waals surface area contributed by atoms with Gasteiger partial charge >= 0.3 is 5.97 Å². The summed E-state index contributed by atoms with van der Waals surface area (Å²) < 4.78 is 37.0. The number of sulfonamides is 1. The average molecular weight is 475 g/mol. The number of carbonyl (C=O) groups is 2. The monoisotopic (exact) mass is 474 g/mol. The Kier molecular flexibility index (Phi) is 7.98. The summed E-state index contributed by atoms with van der Waals surface area (Å²) in [5, 5.41) is 4.25. The van der Waals surface area contributed by atoms with Crippen molar-refractivity contribution in [2.75, 3.05) is 11.9 Å². The zero-order valence-corrected chi connectivity index (χ0v) is 18.8. The lowest BCUT2D eigenvalue weighted by Crippen LogP contribution is -2.35. The maximum absolute atomic E-state index is 12.3. The lowest BCUT2D eigenvalue weighted by atomic mass is 10.2. The van der Waals surface area contributed by atoms with Crippen LogP contribution in [-0.2, 0) is 31.0 Å². The lowest BCUT2D eigenvalue weighted by Gasteiger charge is -2.14. The van der Waals surface area contributed by atoms with E-state index in [0.717, 1.165) is 16.9 Å². The minimum atomic E-state index is -3.79. The summed E-state index contributed by atoms with van der Waals surface area (Å²) >= 11 is 1.03. The smallest absolute Gasteiger partial charge is 0.321 e. The minimum absolute atomic E-state index is 0.0901. The quantitative estimate of drug-likeness (QED) is 0.437. The molecule has 168 valence electrons. The number of thiophene rings is 1. The number of ether oxygens (including phenoxy) is 2. The Morgan fingerprint density at radius 1 is 1.00 bits per heavy atom. The summed E-state index contributed by atoms with van der Waals surface area (Å²) in [6.45, 7) is 1.25. The van der Waals surface area contributed by atoms with E-state index in [1.165, 1.54) is 13.0 Å². The van der Waals surface area contributed by atoms with Gasteiger partial charge in [0.1, 0.15) is 23.1 Å². The van der Waals surface area contributed by atoms with E-state index in [2.05, 4.69) is 10.0 Å². The molecule has 3 aromatic rings. The van der Waals surface area contributed by atoms with E-state index in [4.69, 9.17) is 9.47 Å². The van der Waals surface area contributed by atoms with Crippen molar-refractivity contribution in [2.24, 2.45) is 0 Å². The molecular weight excluding hydrogens is 452 g/mol. The molecule has 0 aliphatic heterocycles. The Hall–Kier alpha value is -3.21. The fourth-order valence-electron chi connectivity index (χ4n) is 2.55. The highest BCUT2D eigenvalue weighted by Gasteiger charge is 2.21. The molecule has 0 radical (unpaired) electrons. The zero-order valence-electron chi connectivity index (χ0n) is 17.2. The standard InChI is InChI=1S/C22H22N2O6S2/c1-16(30-20(25)14-23-32(27,28)21-8-5-13-31-21)22(26)24-18-9-11-19(12-10-18)29-15-17-6-3-2-4-7-17/h2-13,16,23H,14-15H2,1H3,(H,24,26). The van der Waals surface area contributed by atoms with E-state index >= 15 is 0 Å². The molecule has 32 heavy (non-hydrogen) atoms. The van der Waals surface area contributed by atoms with Crippen molar-refractivity contribution in [1.82, 2.24) is 4.72 Å². The van der Waals surface area contributed by atoms with Crippen molar-refractivity contribution in [1.29, 1.82) is 0 Å². The van der Waals surface area contributed by atoms with Crippen molar-refractivity contribution in [3.8, 4) is 5.75 Å². The molecule has 0 saturated carbocycles. The van der Waals surface area contributed by atoms with Crippen molar-refractivity contribution in [3.05, 3.63) is 77.7 Å². The van der Waals surface area contributed by atoms with Gasteiger partial charge < -0.3 is 14.8 Å². The summed E-state index contributed by atoms with van der Waals surface area (Å²) in [6.07, 6.45) is -1.11. The third kappa shape index (κ3) is 6.91. The molecule has 1 heterocycles. The van der Waals surface area contributed by atoms with Crippen LogP contribution in [0.25, 0.3) is 0 Å². The Bertz CT molecular complexity index is 1130. The molecule has 1 aromatic heterocycles. The maximum atomic E-state index is 12.3. The van der Waals surface area contributed by atoms with Crippen molar-refractivity contribution in [2.45, 2.75) is 23.8 Å². The van der Waals surface area contributed by atoms with Crippen LogP contribution in [0, 0.1) is 0 Å². The Labute approximate surface area is 190 Å². The summed E-state index contributed by atoms with van der Waals surface area (Å²) in [4.78, 5) is 24.2. The van der Waals surface area contributed by atoms with Gasteiger partial charge in [0.05, 0.1) is 0 Å². The molecule has 0 aliphatic rings. The number of carbonyl (C=O) groups excluding carboxylic acids is 2. The topological polar surface area (TPSA) is 111 Å². The number of esters is 1. The molecule has 1 amide bonds. The summed E-state index contributed by atoms with van der Waals surface area (Å²) in [5.41, 5.74) is 1.54. The van der Waals surface area contributed by atoms with Crippen molar-refractivity contribution in [3.63, 3.8) is 0 Å². The van der Waals surface area contributed by atoms with E-state index in [9.17, 15) is 18.0 Å². The van der Waals surface area contributed by atoms with E-state index in [1.807, 2.05) is 30.3 Å². The van der Waals surface area contributed by atoms with Crippen LogP contribution >= 0.6 is 11.3 Å². The van der Waals surface area contributed by atoms with Gasteiger partial charge in [-0.3, -0.25) is 9.59 Å². The SMILES string of the molecule is CC(OC(=O)CNS(=O)(=O)c1cccs1)C(=O)Nc1ccc(OCc2ccccc2)cc1. The number of hydrogen-bond acceptors (Lipinski definition) is 7. The van der Waals surface area contributed by atoms with E-state index in [0.29, 0.717) is 18.0 Å². The highest BCUT2D eigenvalue weighted by molar-refractivity contribution is 7.91. The number of benzene rings is 2. The van der Waals surface area contributed by atoms with Gasteiger partial charge in [0.25, 0.3) is 15.9 Å². The highest BCUT2D eigenvalue weighted by Crippen LogP contribution is 2.18. The lowest BCUT2D eigenvalue weighted by molar-refractivity contribution is -0.151. The van der Waals surface area contributed by atoms with Crippen LogP contribution in [0.3, 0.4) is 0 Å². The molecule has 8 nitrogen and oxygen atoms in total. The van der Waals surface area contributed by atoms with Gasteiger partial charge in [0.15, 0.2) is 6.10 Å². The molecule has 10 heteroatoms. The molecule has 2 N–H and O–H groups in total. The van der Waals surface area contributed by atoms with Crippen LogP contribution in [0.15, 0.2) is 76.3 Å². The number of nitrogens with one attached hydrogen (secondary N) is 2. The first-order valence-corrected chi connectivity index (χ1v) is 12.0. The van der Waals surface area contributed by atoms with Gasteiger partial charge in [-0.05, 0) is 48.2 Å². The molecule has 1 unspecified atom stereocenters. The first-order chi connectivity index (χ1) is 15.3. The Balaban J connectivity index is 1.44. The van der Waals surface area contributed by atoms with E-state index < -0.39 is 34.5 Å². The molecule has 0 bridgehead atoms. The number of hydrogen-bond donors (Lipinski definition) is 2. The normalized spacial score (nSPS) is 12.0. The van der Waals surface area contributed by atoms with Crippen LogP contribution in [-0.4, -0.2) is 32.9 Å². The second kappa shape index (κ2) is 10.9. The first-order valence-electron chi connectivity index (χ1n) is 9.64. The predicted molar refractivity (Wildman–Crippen MR) is 121 cm³/mol. The molecule has 0 fully saturated rings. The Morgan fingerprint density at radius 2 is 1.72 bits per heavy atom. The number of amides is 1. The van der Waals surface area contributed by atoms with Crippen LogP contribution in [0.5, 0.6) is 5.75 Å². The van der Waals surface area contributed by atoms with Gasteiger partial charge in [0.2, 0.25) is 0 Å². The number of rotatable bonds is 10. The fraction of sp³-hybridized carbons (Fsp3) is 0.182. The van der Waals surface area contributed by atoms with Gasteiger partial charge in [-0.15, -0.1) is 11.3 Å². The van der Waals surface area contributed by atoms with Crippen LogP contribution in [0.2, 0.25) is 0 Å². The number of anilines is 1. The van der Waals surface area contributed by atoms with E-state index in [1.54, 1.807) is 35.7 Å². The first kappa shape index (κ1) is 23.5. The Morgan fingerprint density at radius 3 is 2.38 bits per heavy atom. The fourth-order valence-corrected chi connectivity index (χ4v) is 4.56. The van der Waals surface area contributed by atoms with Gasteiger partial charge in [0, 0.05) is 5.69 Å². The van der Waals surface area contributed by atoms with Gasteiger partial charge in [-0.2, -0.15) is 4.72 Å². The minimum Gasteiger partial charge on any atom is -0.489 e. The van der Waals surface area contributed by atoms with Gasteiger partial charge in [-0.1, -0.05) is 36.4 Å². The second-order valence-corrected chi connectivity index (χ2v) is 9.62. The van der Waals surface area contributed by atoms with Crippen LogP contribution in [0.1, 0.15) is 12.5 Å². The molecule has 0 saturated heterocycles. The van der Waals surface area contributed by atoms with Crippen LogP contribution < -0.4 is 14.8 Å². The molecular formula is C22H22N2O6S2. The van der Waals surface area contributed by atoms with Crippen molar-refractivity contribution >= 4 is 38.9 Å². The average Bonchev–Trinajstić information content (AvgIpc) is 3.34. The zero-order chi connectivity index (χ0) is 23.0. The predicted octanol–water partition coefficient (Wildman–Crippen LogP) is 3.18. The van der Waals surface area contributed by atoms with Crippen LogP contribution in [0.4, 0.5) is 5.69 Å². The third-order valence-electron chi connectivity index (χ3n) is 4.21. The van der Waals surface area contributed by atoms with Gasteiger partial charge in [-0.25, -0.2) is 8.42 Å². The summed E-state index contributed by atoms with van der Waals surface area (Å²) in [7, 11) is -3.79. The third-order valence-corrected chi connectivity index (χ3v) is 7.01. The largest absolute Gasteiger partial charge is 0.489 e. The molecule has 0 spiro atoms. The molecule has 1 atom stereocenters. The summed E-state index contributed by atoms with van der Waals surface area (Å²) in [6, 6.07) is 19.5. The molecule has 0 aliphatic carbocycles. The summed E-state index contributed by atoms with van der Waals surface area (Å²) in [5.74, 6) is -0.765. The molecule has 3 rings (SSSR count). The molecule has 2 aromatic carbocycles. The second-order valence-electron chi connectivity index (χ2n) is 6.68. The maximum Gasteiger partial charge on any atom is 0.321 e. The van der Waals surface area contributed by atoms with E-state index in [-0.39, 0.29) is 4.21 Å².